The van der Waals surface area contributed by atoms with Crippen LogP contribution in [0.5, 0.6) is 0 Å². The maximum Gasteiger partial charge on any atom is 0.259 e. The molecule has 5 nitrogen and oxygen atoms in total. The molecule has 120 valence electrons. The van der Waals surface area contributed by atoms with Crippen LogP contribution in [0.2, 0.25) is 0 Å². The zero-order chi connectivity index (χ0) is 15.5. The smallest absolute Gasteiger partial charge is 0.259 e. The van der Waals surface area contributed by atoms with Gasteiger partial charge in [-0.2, -0.15) is 0 Å². The molecule has 2 N–H and O–H groups in total. The molecule has 0 radical (unpaired) electrons. The number of rotatable bonds is 4. The van der Waals surface area contributed by atoms with Gasteiger partial charge in [0.05, 0.1) is 6.04 Å². The van der Waals surface area contributed by atoms with Crippen molar-refractivity contribution in [2.75, 3.05) is 26.2 Å². The van der Waals surface area contributed by atoms with E-state index < -0.39 is 11.6 Å². The van der Waals surface area contributed by atoms with E-state index in [1.54, 1.807) is 4.90 Å². The molecular weight excluding hydrogens is 273 g/mol. The highest BCUT2D eigenvalue weighted by Gasteiger charge is 2.34. The summed E-state index contributed by atoms with van der Waals surface area (Å²) in [5.41, 5.74) is -1.82. The number of amides is 2. The van der Waals surface area contributed by atoms with Gasteiger partial charge in [0, 0.05) is 19.6 Å². The lowest BCUT2D eigenvalue weighted by Gasteiger charge is -2.35. The molecule has 0 aromatic carbocycles. The minimum atomic E-state index is -1.82. The van der Waals surface area contributed by atoms with Gasteiger partial charge in [-0.3, -0.25) is 9.59 Å². The Morgan fingerprint density at radius 1 is 1.33 bits per heavy atom. The van der Waals surface area contributed by atoms with Crippen molar-refractivity contribution in [3.05, 3.63) is 0 Å². The number of carbonyl (C=O) groups excluding carboxylic acids is 2. The van der Waals surface area contributed by atoms with Crippen molar-refractivity contribution >= 4 is 11.8 Å². The van der Waals surface area contributed by atoms with Crippen molar-refractivity contribution in [3.63, 3.8) is 0 Å². The van der Waals surface area contributed by atoms with E-state index >= 15 is 0 Å². The van der Waals surface area contributed by atoms with Gasteiger partial charge in [-0.1, -0.05) is 0 Å². The Hall–Kier alpha value is -1.17. The Bertz CT molecular complexity index is 389. The molecule has 0 saturated carbocycles. The molecule has 2 rings (SSSR count). The molecule has 2 aliphatic heterocycles. The summed E-state index contributed by atoms with van der Waals surface area (Å²) in [6.45, 7) is 5.20. The van der Waals surface area contributed by atoms with Gasteiger partial charge in [-0.25, -0.2) is 4.39 Å². The molecule has 2 saturated heterocycles. The van der Waals surface area contributed by atoms with E-state index in [0.717, 1.165) is 32.2 Å². The summed E-state index contributed by atoms with van der Waals surface area (Å²) in [4.78, 5) is 25.5. The lowest BCUT2D eigenvalue weighted by atomic mass is 9.96. The standard InChI is InChI=1S/C15H26FN3O2/c1-15(2,16)14(21)19-8-4-5-11(10-19)9-18-13(20)12-6-3-7-17-12/h11-12,17H,3-10H2,1-2H3,(H,18,20)/t11-,12-/m0/s1. The third kappa shape index (κ3) is 4.40. The Balaban J connectivity index is 1.78. The second-order valence-corrected chi connectivity index (χ2v) is 6.63. The van der Waals surface area contributed by atoms with Crippen LogP contribution < -0.4 is 10.6 Å². The van der Waals surface area contributed by atoms with Gasteiger partial charge < -0.3 is 15.5 Å². The van der Waals surface area contributed by atoms with Crippen molar-refractivity contribution in [2.45, 2.75) is 51.2 Å². The predicted molar refractivity (Wildman–Crippen MR) is 78.5 cm³/mol. The lowest BCUT2D eigenvalue weighted by Crippen LogP contribution is -2.50. The topological polar surface area (TPSA) is 61.4 Å². The van der Waals surface area contributed by atoms with E-state index in [2.05, 4.69) is 10.6 Å². The van der Waals surface area contributed by atoms with E-state index in [1.165, 1.54) is 13.8 Å². The minimum absolute atomic E-state index is 0.0433. The van der Waals surface area contributed by atoms with Gasteiger partial charge in [0.1, 0.15) is 0 Å². The van der Waals surface area contributed by atoms with Crippen LogP contribution in [0.4, 0.5) is 4.39 Å². The molecule has 0 unspecified atom stereocenters. The van der Waals surface area contributed by atoms with Gasteiger partial charge in [0.25, 0.3) is 5.91 Å². The highest BCUT2D eigenvalue weighted by Crippen LogP contribution is 2.21. The molecule has 0 bridgehead atoms. The Morgan fingerprint density at radius 3 is 2.71 bits per heavy atom. The summed E-state index contributed by atoms with van der Waals surface area (Å²) >= 11 is 0. The fourth-order valence-corrected chi connectivity index (χ4v) is 3.07. The summed E-state index contributed by atoms with van der Waals surface area (Å²) in [5, 5.41) is 6.12. The molecule has 0 spiro atoms. The molecule has 0 aromatic rings. The van der Waals surface area contributed by atoms with Crippen LogP contribution in [0, 0.1) is 5.92 Å². The van der Waals surface area contributed by atoms with Gasteiger partial charge >= 0.3 is 0 Å². The van der Waals surface area contributed by atoms with Crippen molar-refractivity contribution in [1.82, 2.24) is 15.5 Å². The molecule has 0 aromatic heterocycles. The van der Waals surface area contributed by atoms with Crippen LogP contribution in [0.1, 0.15) is 39.5 Å². The number of carbonyl (C=O) groups is 2. The highest BCUT2D eigenvalue weighted by molar-refractivity contribution is 5.84. The van der Waals surface area contributed by atoms with E-state index in [-0.39, 0.29) is 17.9 Å². The maximum absolute atomic E-state index is 13.7. The molecule has 6 heteroatoms. The SMILES string of the molecule is CC(C)(F)C(=O)N1CCC[C@@H](CNC(=O)[C@@H]2CCCN2)C1. The van der Waals surface area contributed by atoms with Gasteiger partial charge in [0.15, 0.2) is 5.67 Å². The van der Waals surface area contributed by atoms with Crippen LogP contribution in [0.15, 0.2) is 0 Å². The minimum Gasteiger partial charge on any atom is -0.354 e. The van der Waals surface area contributed by atoms with Crippen molar-refractivity contribution in [3.8, 4) is 0 Å². The predicted octanol–water partition coefficient (Wildman–Crippen LogP) is 0.841. The number of alkyl halides is 1. The number of likely N-dealkylation sites (tertiary alicyclic amines) is 1. The largest absolute Gasteiger partial charge is 0.354 e. The second kappa shape index (κ2) is 6.73. The molecular formula is C15H26FN3O2. The maximum atomic E-state index is 13.7. The fraction of sp³-hybridized carbons (Fsp3) is 0.867. The Morgan fingerprint density at radius 2 is 2.10 bits per heavy atom. The van der Waals surface area contributed by atoms with E-state index in [9.17, 15) is 14.0 Å². The quantitative estimate of drug-likeness (QED) is 0.809. The molecule has 2 amide bonds. The van der Waals surface area contributed by atoms with Crippen molar-refractivity contribution in [1.29, 1.82) is 0 Å². The van der Waals surface area contributed by atoms with Crippen LogP contribution in [-0.4, -0.2) is 54.6 Å². The summed E-state index contributed by atoms with van der Waals surface area (Å²) in [5.74, 6) is -0.187. The number of hydrogen-bond acceptors (Lipinski definition) is 3. The monoisotopic (exact) mass is 299 g/mol. The third-order valence-corrected chi connectivity index (χ3v) is 4.26. The second-order valence-electron chi connectivity index (χ2n) is 6.63. The molecule has 2 atom stereocenters. The van der Waals surface area contributed by atoms with Crippen LogP contribution in [0.25, 0.3) is 0 Å². The van der Waals surface area contributed by atoms with E-state index in [0.29, 0.717) is 19.6 Å². The highest BCUT2D eigenvalue weighted by atomic mass is 19.1. The summed E-state index contributed by atoms with van der Waals surface area (Å²) in [6, 6.07) is -0.0731. The number of nitrogens with zero attached hydrogens (tertiary/aromatic N) is 1. The average molecular weight is 299 g/mol. The van der Waals surface area contributed by atoms with Gasteiger partial charge in [-0.05, 0) is 52.0 Å². The summed E-state index contributed by atoms with van der Waals surface area (Å²) in [6.07, 6.45) is 3.76. The molecule has 2 fully saturated rings. The fourth-order valence-electron chi connectivity index (χ4n) is 3.07. The third-order valence-electron chi connectivity index (χ3n) is 4.26. The molecule has 2 aliphatic rings. The van der Waals surface area contributed by atoms with Crippen LogP contribution in [0.3, 0.4) is 0 Å². The van der Waals surface area contributed by atoms with Crippen LogP contribution in [-0.2, 0) is 9.59 Å². The van der Waals surface area contributed by atoms with Crippen molar-refractivity contribution in [2.24, 2.45) is 5.92 Å². The number of halogens is 1. The first kappa shape index (κ1) is 16.2. The Kier molecular flexibility index (Phi) is 5.19. The zero-order valence-electron chi connectivity index (χ0n) is 13.0. The van der Waals surface area contributed by atoms with E-state index in [1.807, 2.05) is 0 Å². The van der Waals surface area contributed by atoms with Crippen molar-refractivity contribution < 1.29 is 14.0 Å². The summed E-state index contributed by atoms with van der Waals surface area (Å²) < 4.78 is 13.7. The van der Waals surface area contributed by atoms with Gasteiger partial charge in [0.2, 0.25) is 5.91 Å². The molecule has 21 heavy (non-hydrogen) atoms. The molecule has 0 aliphatic carbocycles. The normalized spacial score (nSPS) is 26.7. The number of nitrogens with one attached hydrogen (secondary N) is 2. The summed E-state index contributed by atoms with van der Waals surface area (Å²) in [7, 11) is 0. The van der Waals surface area contributed by atoms with Gasteiger partial charge in [-0.15, -0.1) is 0 Å². The first-order chi connectivity index (χ1) is 9.88. The average Bonchev–Trinajstić information content (AvgIpc) is 2.97. The van der Waals surface area contributed by atoms with Crippen LogP contribution >= 0.6 is 0 Å². The number of piperidine rings is 1. The zero-order valence-corrected chi connectivity index (χ0v) is 13.0. The molecule has 2 heterocycles. The first-order valence-corrected chi connectivity index (χ1v) is 7.87. The van der Waals surface area contributed by atoms with E-state index in [4.69, 9.17) is 0 Å². The lowest BCUT2D eigenvalue weighted by molar-refractivity contribution is -0.143. The first-order valence-electron chi connectivity index (χ1n) is 7.87. The Labute approximate surface area is 125 Å². The number of hydrogen-bond donors (Lipinski definition) is 2.